The zero-order valence-corrected chi connectivity index (χ0v) is 18.6. The molecular weight excluding hydrogens is 424 g/mol. The number of rotatable bonds is 10. The quantitative estimate of drug-likeness (QED) is 0.241. The van der Waals surface area contributed by atoms with Crippen molar-refractivity contribution in [3.63, 3.8) is 0 Å². The van der Waals surface area contributed by atoms with Crippen LogP contribution in [-0.2, 0) is 0 Å². The molecule has 29 heavy (non-hydrogen) atoms. The van der Waals surface area contributed by atoms with Gasteiger partial charge in [0.2, 0.25) is 0 Å². The molecule has 1 heterocycles. The van der Waals surface area contributed by atoms with Crippen LogP contribution in [0.3, 0.4) is 0 Å². The monoisotopic (exact) mass is 452 g/mol. The van der Waals surface area contributed by atoms with E-state index in [2.05, 4.69) is 75.2 Å². The van der Waals surface area contributed by atoms with Crippen LogP contribution in [0.15, 0.2) is 65.4 Å². The van der Waals surface area contributed by atoms with Gasteiger partial charge in [0.25, 0.3) is 0 Å². The van der Waals surface area contributed by atoms with Crippen molar-refractivity contribution in [2.75, 3.05) is 6.73 Å². The number of benzene rings is 2. The zero-order chi connectivity index (χ0) is 20.1. The maximum atomic E-state index is 6.31. The average Bonchev–Trinajstić information content (AvgIpc) is 3.58. The summed E-state index contributed by atoms with van der Waals surface area (Å²) in [6.45, 7) is 2.90. The molecule has 4 heteroatoms. The third-order valence-corrected chi connectivity index (χ3v) is 6.27. The first-order valence-corrected chi connectivity index (χ1v) is 11.5. The first-order valence-electron chi connectivity index (χ1n) is 10.7. The number of ether oxygens (including phenoxy) is 1. The van der Waals surface area contributed by atoms with Gasteiger partial charge in [0, 0.05) is 34.3 Å². The van der Waals surface area contributed by atoms with E-state index in [-0.39, 0.29) is 0 Å². The summed E-state index contributed by atoms with van der Waals surface area (Å²) < 4.78 is 7.44. The van der Waals surface area contributed by atoms with Gasteiger partial charge in [0.15, 0.2) is 0 Å². The van der Waals surface area contributed by atoms with Gasteiger partial charge in [-0.15, -0.1) is 0 Å². The lowest BCUT2D eigenvalue weighted by molar-refractivity contribution is 0.0698. The number of unbranched alkanes of at least 4 members (excludes halogenated alkanes) is 2. The average molecular weight is 453 g/mol. The number of hydrogen-bond donors (Lipinski definition) is 0. The summed E-state index contributed by atoms with van der Waals surface area (Å²) in [5.74, 6) is 0.928. The Morgan fingerprint density at radius 3 is 2.66 bits per heavy atom. The smallest absolute Gasteiger partial charge is 0.142 e. The molecule has 4 rings (SSSR count). The molecule has 1 atom stereocenters. The van der Waals surface area contributed by atoms with Crippen molar-refractivity contribution >= 4 is 26.7 Å². The molecule has 1 saturated carbocycles. The highest BCUT2D eigenvalue weighted by Crippen LogP contribution is 2.37. The Balaban J connectivity index is 1.51. The standard InChI is InChI=1S/C25H29BrN2O/c1-2-3-4-5-25(19-6-9-22(26)10-7-19)28(23-11-12-23)18-29-24-13-8-21-17-27-15-14-20(21)16-24/h6-10,13-17,23,25H,2-5,11-12,18H2,1H3. The van der Waals surface area contributed by atoms with E-state index in [1.807, 2.05) is 18.5 Å². The predicted molar refractivity (Wildman–Crippen MR) is 123 cm³/mol. The molecule has 0 aliphatic heterocycles. The van der Waals surface area contributed by atoms with Crippen LogP contribution in [0.1, 0.15) is 57.1 Å². The molecule has 1 aliphatic rings. The Labute approximate surface area is 182 Å². The first-order chi connectivity index (χ1) is 14.2. The normalized spacial score (nSPS) is 15.0. The Morgan fingerprint density at radius 2 is 1.90 bits per heavy atom. The van der Waals surface area contributed by atoms with E-state index < -0.39 is 0 Å². The van der Waals surface area contributed by atoms with Crippen LogP contribution in [0.25, 0.3) is 10.8 Å². The van der Waals surface area contributed by atoms with Gasteiger partial charge < -0.3 is 4.74 Å². The fourth-order valence-corrected chi connectivity index (χ4v) is 4.22. The van der Waals surface area contributed by atoms with E-state index in [9.17, 15) is 0 Å². The summed E-state index contributed by atoms with van der Waals surface area (Å²) in [5.41, 5.74) is 1.39. The van der Waals surface area contributed by atoms with Gasteiger partial charge >= 0.3 is 0 Å². The van der Waals surface area contributed by atoms with Gasteiger partial charge in [-0.2, -0.15) is 0 Å². The maximum Gasteiger partial charge on any atom is 0.142 e. The van der Waals surface area contributed by atoms with Crippen LogP contribution >= 0.6 is 15.9 Å². The third-order valence-electron chi connectivity index (χ3n) is 5.74. The lowest BCUT2D eigenvalue weighted by Gasteiger charge is -2.32. The number of hydrogen-bond acceptors (Lipinski definition) is 3. The summed E-state index contributed by atoms with van der Waals surface area (Å²) in [5, 5.41) is 2.31. The summed E-state index contributed by atoms with van der Waals surface area (Å²) in [7, 11) is 0. The number of fused-ring (bicyclic) bond motifs is 1. The lowest BCUT2D eigenvalue weighted by Crippen LogP contribution is -2.34. The highest BCUT2D eigenvalue weighted by Gasteiger charge is 2.34. The number of halogens is 1. The summed E-state index contributed by atoms with van der Waals surface area (Å²) in [6, 6.07) is 18.2. The Morgan fingerprint density at radius 1 is 1.07 bits per heavy atom. The number of nitrogens with zero attached hydrogens (tertiary/aromatic N) is 2. The molecule has 2 aromatic carbocycles. The zero-order valence-electron chi connectivity index (χ0n) is 17.1. The van der Waals surface area contributed by atoms with Gasteiger partial charge in [-0.1, -0.05) is 54.2 Å². The molecule has 0 saturated heterocycles. The third kappa shape index (κ3) is 5.37. The minimum Gasteiger partial charge on any atom is -0.478 e. The van der Waals surface area contributed by atoms with Crippen molar-refractivity contribution in [3.8, 4) is 5.75 Å². The summed E-state index contributed by atoms with van der Waals surface area (Å²) in [6.07, 6.45) is 11.2. The molecule has 1 unspecified atom stereocenters. The number of pyridine rings is 1. The van der Waals surface area contributed by atoms with E-state index in [1.165, 1.54) is 49.5 Å². The van der Waals surface area contributed by atoms with E-state index in [0.717, 1.165) is 15.6 Å². The summed E-state index contributed by atoms with van der Waals surface area (Å²) in [4.78, 5) is 6.77. The lowest BCUT2D eigenvalue weighted by atomic mass is 9.99. The minimum absolute atomic E-state index is 0.409. The van der Waals surface area contributed by atoms with Crippen molar-refractivity contribution in [2.45, 2.75) is 57.5 Å². The van der Waals surface area contributed by atoms with Crippen LogP contribution in [-0.4, -0.2) is 22.7 Å². The largest absolute Gasteiger partial charge is 0.478 e. The second kappa shape index (κ2) is 9.73. The molecule has 152 valence electrons. The molecule has 0 radical (unpaired) electrons. The molecule has 0 spiro atoms. The molecule has 0 bridgehead atoms. The van der Waals surface area contributed by atoms with Crippen LogP contribution < -0.4 is 4.74 Å². The van der Waals surface area contributed by atoms with Crippen LogP contribution in [0.4, 0.5) is 0 Å². The maximum absolute atomic E-state index is 6.31. The van der Waals surface area contributed by atoms with Crippen molar-refractivity contribution < 1.29 is 4.74 Å². The Bertz CT molecular complexity index is 924. The molecule has 0 amide bonds. The Kier molecular flexibility index (Phi) is 6.83. The van der Waals surface area contributed by atoms with Crippen LogP contribution in [0, 0.1) is 0 Å². The topological polar surface area (TPSA) is 25.4 Å². The highest BCUT2D eigenvalue weighted by molar-refractivity contribution is 9.10. The predicted octanol–water partition coefficient (Wildman–Crippen LogP) is 7.12. The molecule has 1 fully saturated rings. The van der Waals surface area contributed by atoms with E-state index in [4.69, 9.17) is 4.74 Å². The van der Waals surface area contributed by atoms with Gasteiger partial charge in [0.05, 0.1) is 0 Å². The van der Waals surface area contributed by atoms with Gasteiger partial charge in [-0.25, -0.2) is 0 Å². The van der Waals surface area contributed by atoms with Crippen molar-refractivity contribution in [2.24, 2.45) is 0 Å². The van der Waals surface area contributed by atoms with Crippen molar-refractivity contribution in [1.82, 2.24) is 9.88 Å². The highest BCUT2D eigenvalue weighted by atomic mass is 79.9. The molecule has 1 aliphatic carbocycles. The first kappa shape index (κ1) is 20.4. The fourth-order valence-electron chi connectivity index (χ4n) is 3.95. The van der Waals surface area contributed by atoms with E-state index >= 15 is 0 Å². The number of aromatic nitrogens is 1. The van der Waals surface area contributed by atoms with E-state index in [0.29, 0.717) is 18.8 Å². The fraction of sp³-hybridized carbons (Fsp3) is 0.400. The minimum atomic E-state index is 0.409. The molecule has 3 aromatic rings. The van der Waals surface area contributed by atoms with Crippen LogP contribution in [0.2, 0.25) is 0 Å². The summed E-state index contributed by atoms with van der Waals surface area (Å²) >= 11 is 3.58. The van der Waals surface area contributed by atoms with Gasteiger partial charge in [0.1, 0.15) is 12.5 Å². The second-order valence-corrected chi connectivity index (χ2v) is 8.88. The molecular formula is C25H29BrN2O. The van der Waals surface area contributed by atoms with E-state index in [1.54, 1.807) is 0 Å². The molecule has 0 N–H and O–H groups in total. The van der Waals surface area contributed by atoms with Crippen molar-refractivity contribution in [1.29, 1.82) is 0 Å². The SMILES string of the molecule is CCCCCC(c1ccc(Br)cc1)N(COc1ccc2cnccc2c1)C1CC1. The van der Waals surface area contributed by atoms with Gasteiger partial charge in [-0.05, 0) is 66.6 Å². The van der Waals surface area contributed by atoms with Crippen molar-refractivity contribution in [3.05, 3.63) is 71.0 Å². The Hall–Kier alpha value is -1.91. The van der Waals surface area contributed by atoms with Gasteiger partial charge in [-0.3, -0.25) is 9.88 Å². The molecule has 3 nitrogen and oxygen atoms in total. The van der Waals surface area contributed by atoms with Crippen LogP contribution in [0.5, 0.6) is 5.75 Å². The second-order valence-electron chi connectivity index (χ2n) is 7.97. The molecule has 1 aromatic heterocycles.